The van der Waals surface area contributed by atoms with Crippen molar-refractivity contribution >= 4 is 7.60 Å². The average molecular weight is 242 g/mol. The summed E-state index contributed by atoms with van der Waals surface area (Å²) in [5.74, 6) is 0.107. The molecule has 0 radical (unpaired) electrons. The summed E-state index contributed by atoms with van der Waals surface area (Å²) >= 11 is 0. The lowest BCUT2D eigenvalue weighted by Crippen LogP contribution is -2.13. The average Bonchev–Trinajstić information content (AvgIpc) is 2.88. The zero-order valence-electron chi connectivity index (χ0n) is 9.59. The van der Waals surface area contributed by atoms with E-state index in [1.807, 2.05) is 18.2 Å². The van der Waals surface area contributed by atoms with Gasteiger partial charge in [-0.1, -0.05) is 44.4 Å². The quantitative estimate of drug-likeness (QED) is 0.575. The fraction of sp³-hybridized carbons (Fsp3) is 0.667. The number of hydrogen-bond donors (Lipinski definition) is 2. The summed E-state index contributed by atoms with van der Waals surface area (Å²) in [5.41, 5.74) is 0.986. The van der Waals surface area contributed by atoms with Crippen molar-refractivity contribution in [2.75, 3.05) is 0 Å². The van der Waals surface area contributed by atoms with Crippen LogP contribution in [0.2, 0.25) is 0 Å². The second-order valence-corrected chi connectivity index (χ2v) is 6.65. The molecule has 2 atom stereocenters. The maximum Gasteiger partial charge on any atom is 0.336 e. The van der Waals surface area contributed by atoms with Crippen LogP contribution in [-0.2, 0) is 4.57 Å². The van der Waals surface area contributed by atoms with Gasteiger partial charge in [-0.2, -0.15) is 0 Å². The number of unbranched alkanes of at least 4 members (excludes halogenated alkanes) is 2. The molecule has 16 heavy (non-hydrogen) atoms. The highest BCUT2D eigenvalue weighted by atomic mass is 31.2. The SMILES string of the molecule is CCCCCC1(P(=O)(O)O)C2=CC=CCC21. The molecule has 4 heteroatoms. The van der Waals surface area contributed by atoms with Crippen LogP contribution in [0.4, 0.5) is 0 Å². The van der Waals surface area contributed by atoms with E-state index in [1.54, 1.807) is 0 Å². The number of rotatable bonds is 5. The molecule has 2 aliphatic rings. The van der Waals surface area contributed by atoms with Gasteiger partial charge in [0, 0.05) is 5.92 Å². The van der Waals surface area contributed by atoms with E-state index in [2.05, 4.69) is 6.92 Å². The Balaban J connectivity index is 2.15. The van der Waals surface area contributed by atoms with Crippen LogP contribution in [0.5, 0.6) is 0 Å². The summed E-state index contributed by atoms with van der Waals surface area (Å²) < 4.78 is 11.7. The molecule has 0 aromatic carbocycles. The Kier molecular flexibility index (Phi) is 3.13. The lowest BCUT2D eigenvalue weighted by atomic mass is 10.1. The van der Waals surface area contributed by atoms with Gasteiger partial charge in [-0.3, -0.25) is 4.57 Å². The molecule has 2 rings (SSSR count). The van der Waals surface area contributed by atoms with Crippen molar-refractivity contribution in [3.05, 3.63) is 23.8 Å². The van der Waals surface area contributed by atoms with Gasteiger partial charge in [0.1, 0.15) is 5.16 Å². The molecular formula is C12H19O3P. The van der Waals surface area contributed by atoms with Crippen molar-refractivity contribution in [3.63, 3.8) is 0 Å². The molecule has 0 bridgehead atoms. The molecule has 2 N–H and O–H groups in total. The first-order valence-corrected chi connectivity index (χ1v) is 7.58. The lowest BCUT2D eigenvalue weighted by molar-refractivity contribution is 0.344. The molecule has 0 amide bonds. The predicted octanol–water partition coefficient (Wildman–Crippen LogP) is 3.00. The molecule has 2 aliphatic carbocycles. The van der Waals surface area contributed by atoms with Crippen LogP contribution in [0.1, 0.15) is 39.0 Å². The van der Waals surface area contributed by atoms with Gasteiger partial charge in [0.25, 0.3) is 0 Å². The molecule has 0 heterocycles. The van der Waals surface area contributed by atoms with E-state index < -0.39 is 12.8 Å². The molecular weight excluding hydrogens is 223 g/mol. The third-order valence-corrected chi connectivity index (χ3v) is 5.67. The second-order valence-electron chi connectivity index (χ2n) is 4.76. The molecule has 2 unspecified atom stereocenters. The molecule has 0 saturated heterocycles. The Morgan fingerprint density at radius 1 is 1.50 bits per heavy atom. The zero-order valence-corrected chi connectivity index (χ0v) is 10.5. The van der Waals surface area contributed by atoms with Gasteiger partial charge >= 0.3 is 7.60 Å². The second kappa shape index (κ2) is 4.14. The van der Waals surface area contributed by atoms with E-state index in [0.717, 1.165) is 31.3 Å². The molecule has 0 spiro atoms. The maximum atomic E-state index is 11.7. The summed E-state index contributed by atoms with van der Waals surface area (Å²) in [6, 6.07) is 0. The summed E-state index contributed by atoms with van der Waals surface area (Å²) in [6.07, 6.45) is 10.3. The summed E-state index contributed by atoms with van der Waals surface area (Å²) in [4.78, 5) is 19.2. The van der Waals surface area contributed by atoms with Crippen LogP contribution in [0.3, 0.4) is 0 Å². The van der Waals surface area contributed by atoms with Crippen LogP contribution in [0, 0.1) is 5.92 Å². The van der Waals surface area contributed by atoms with Crippen LogP contribution in [0.15, 0.2) is 23.8 Å². The van der Waals surface area contributed by atoms with Gasteiger partial charge in [-0.05, 0) is 18.4 Å². The van der Waals surface area contributed by atoms with Crippen LogP contribution < -0.4 is 0 Å². The first-order valence-electron chi connectivity index (χ1n) is 5.97. The van der Waals surface area contributed by atoms with E-state index in [-0.39, 0.29) is 5.92 Å². The van der Waals surface area contributed by atoms with Gasteiger partial charge < -0.3 is 9.79 Å². The Morgan fingerprint density at radius 3 is 2.75 bits per heavy atom. The number of fused-ring (bicyclic) bond motifs is 1. The Bertz CT molecular complexity index is 380. The van der Waals surface area contributed by atoms with Gasteiger partial charge in [-0.15, -0.1) is 0 Å². The molecule has 1 fully saturated rings. The van der Waals surface area contributed by atoms with Gasteiger partial charge in [0.15, 0.2) is 0 Å². The van der Waals surface area contributed by atoms with Crippen LogP contribution in [0.25, 0.3) is 0 Å². The maximum absolute atomic E-state index is 11.7. The molecule has 0 aromatic heterocycles. The number of hydrogen-bond acceptors (Lipinski definition) is 1. The Labute approximate surface area is 96.4 Å². The van der Waals surface area contributed by atoms with E-state index in [1.165, 1.54) is 0 Å². The lowest BCUT2D eigenvalue weighted by Gasteiger charge is -2.17. The minimum absolute atomic E-state index is 0.107. The Morgan fingerprint density at radius 2 is 2.25 bits per heavy atom. The third-order valence-electron chi connectivity index (χ3n) is 3.83. The van der Waals surface area contributed by atoms with E-state index in [0.29, 0.717) is 6.42 Å². The van der Waals surface area contributed by atoms with E-state index >= 15 is 0 Å². The molecule has 90 valence electrons. The van der Waals surface area contributed by atoms with Crippen molar-refractivity contribution in [1.29, 1.82) is 0 Å². The zero-order chi connectivity index (χ0) is 11.8. The van der Waals surface area contributed by atoms with E-state index in [4.69, 9.17) is 0 Å². The monoisotopic (exact) mass is 242 g/mol. The van der Waals surface area contributed by atoms with Gasteiger partial charge in [0.05, 0.1) is 0 Å². The predicted molar refractivity (Wildman–Crippen MR) is 64.2 cm³/mol. The smallest absolute Gasteiger partial charge is 0.324 e. The normalized spacial score (nSPS) is 32.2. The first-order chi connectivity index (χ1) is 7.54. The molecule has 0 aromatic rings. The fourth-order valence-electron chi connectivity index (χ4n) is 2.91. The molecule has 0 aliphatic heterocycles. The van der Waals surface area contributed by atoms with Gasteiger partial charge in [-0.25, -0.2) is 0 Å². The third kappa shape index (κ3) is 1.71. The van der Waals surface area contributed by atoms with Crippen LogP contribution >= 0.6 is 7.60 Å². The van der Waals surface area contributed by atoms with Gasteiger partial charge in [0.2, 0.25) is 0 Å². The summed E-state index contributed by atoms with van der Waals surface area (Å²) in [7, 11) is -4.01. The standard InChI is InChI=1S/C12H19O3P/c1-2-3-6-9-12(16(13,14)15)10-7-4-5-8-11(10)12/h4-5,7,11H,2-3,6,8-9H2,1H3,(H2,13,14,15). The van der Waals surface area contributed by atoms with E-state index in [9.17, 15) is 14.4 Å². The highest BCUT2D eigenvalue weighted by Gasteiger charge is 2.68. The summed E-state index contributed by atoms with van der Waals surface area (Å²) in [6.45, 7) is 2.10. The van der Waals surface area contributed by atoms with Crippen molar-refractivity contribution < 1.29 is 14.4 Å². The largest absolute Gasteiger partial charge is 0.336 e. The van der Waals surface area contributed by atoms with Crippen molar-refractivity contribution in [2.24, 2.45) is 5.92 Å². The Hall–Kier alpha value is -0.370. The fourth-order valence-corrected chi connectivity index (χ4v) is 4.51. The molecule has 1 saturated carbocycles. The first kappa shape index (κ1) is 12.1. The minimum atomic E-state index is -4.01. The highest BCUT2D eigenvalue weighted by molar-refractivity contribution is 7.54. The highest BCUT2D eigenvalue weighted by Crippen LogP contribution is 2.75. The summed E-state index contributed by atoms with van der Waals surface area (Å²) in [5, 5.41) is -0.800. The van der Waals surface area contributed by atoms with Crippen molar-refractivity contribution in [1.82, 2.24) is 0 Å². The van der Waals surface area contributed by atoms with Crippen LogP contribution in [-0.4, -0.2) is 14.9 Å². The topological polar surface area (TPSA) is 57.5 Å². The van der Waals surface area contributed by atoms with Crippen molar-refractivity contribution in [2.45, 2.75) is 44.2 Å². The molecule has 3 nitrogen and oxygen atoms in total. The van der Waals surface area contributed by atoms with Crippen molar-refractivity contribution in [3.8, 4) is 0 Å². The number of allylic oxidation sites excluding steroid dienone is 4. The minimum Gasteiger partial charge on any atom is -0.324 e.